The molecule has 1 aliphatic rings. The number of fused-ring (bicyclic) bond motifs is 1. The van der Waals surface area contributed by atoms with Crippen LogP contribution in [-0.4, -0.2) is 24.1 Å². The topological polar surface area (TPSA) is 12.5 Å². The highest BCUT2D eigenvalue weighted by Gasteiger charge is 2.31. The van der Waals surface area contributed by atoms with Crippen molar-refractivity contribution < 1.29 is 9.13 Å². The van der Waals surface area contributed by atoms with Gasteiger partial charge in [0.2, 0.25) is 0 Å². The molecule has 1 heterocycles. The summed E-state index contributed by atoms with van der Waals surface area (Å²) in [5, 5.41) is 2.46. The van der Waals surface area contributed by atoms with E-state index in [1.807, 2.05) is 6.07 Å². The summed E-state index contributed by atoms with van der Waals surface area (Å²) in [5.41, 5.74) is 3.51. The van der Waals surface area contributed by atoms with E-state index in [1.165, 1.54) is 28.0 Å². The molecule has 0 N–H and O–H groups in total. The molecule has 0 amide bonds. The van der Waals surface area contributed by atoms with Crippen molar-refractivity contribution in [3.05, 3.63) is 120 Å². The predicted octanol–water partition coefficient (Wildman–Crippen LogP) is 6.55. The number of nitrogens with zero attached hydrogens (tertiary/aromatic N) is 1. The maximum atomic E-state index is 14.0. The molecule has 0 radical (unpaired) electrons. The van der Waals surface area contributed by atoms with Gasteiger partial charge in [0.15, 0.2) is 0 Å². The Kier molecular flexibility index (Phi) is 6.29. The number of ether oxygens (including phenoxy) is 1. The average Bonchev–Trinajstić information content (AvgIpc) is 2.83. The first kappa shape index (κ1) is 20.9. The largest absolute Gasteiger partial charge is 0.372 e. The van der Waals surface area contributed by atoms with Crippen LogP contribution in [0.4, 0.5) is 4.39 Å². The second-order valence-corrected chi connectivity index (χ2v) is 8.70. The minimum Gasteiger partial charge on any atom is -0.372 e. The van der Waals surface area contributed by atoms with Crippen molar-refractivity contribution in [1.29, 1.82) is 0 Å². The average molecular weight is 426 g/mol. The van der Waals surface area contributed by atoms with Gasteiger partial charge >= 0.3 is 0 Å². The number of hydrogen-bond acceptors (Lipinski definition) is 2. The zero-order chi connectivity index (χ0) is 21.8. The molecule has 1 saturated heterocycles. The Labute approximate surface area is 189 Å². The molecule has 0 saturated carbocycles. The summed E-state index contributed by atoms with van der Waals surface area (Å²) < 4.78 is 20.5. The zero-order valence-electron chi connectivity index (χ0n) is 18.2. The molecule has 0 aromatic heterocycles. The minimum absolute atomic E-state index is 0.0146. The number of halogens is 1. The van der Waals surface area contributed by atoms with Crippen molar-refractivity contribution >= 4 is 10.8 Å². The standard InChI is InChI=1S/C29H28FNO/c30-27-12-6-11-26(18-27)28-15-16-31(19-22-7-2-1-3-8-22)20-29(28)32-21-23-13-14-24-9-4-5-10-25(24)17-23/h1-14,17-18,28-29H,15-16,19-21H2. The molecule has 2 unspecified atom stereocenters. The van der Waals surface area contributed by atoms with Crippen LogP contribution < -0.4 is 0 Å². The van der Waals surface area contributed by atoms with Gasteiger partial charge < -0.3 is 4.74 Å². The summed E-state index contributed by atoms with van der Waals surface area (Å²) in [6.07, 6.45) is 0.972. The van der Waals surface area contributed by atoms with Crippen LogP contribution in [0.2, 0.25) is 0 Å². The number of hydrogen-bond donors (Lipinski definition) is 0. The molecule has 32 heavy (non-hydrogen) atoms. The number of benzene rings is 4. The van der Waals surface area contributed by atoms with Crippen LogP contribution in [0.5, 0.6) is 0 Å². The normalized spacial score (nSPS) is 19.3. The molecule has 1 fully saturated rings. The Morgan fingerprint density at radius 1 is 0.781 bits per heavy atom. The SMILES string of the molecule is Fc1cccc(C2CCN(Cc3ccccc3)CC2OCc2ccc3ccccc3c2)c1. The van der Waals surface area contributed by atoms with Gasteiger partial charge in [0.05, 0.1) is 12.7 Å². The summed E-state index contributed by atoms with van der Waals surface area (Å²) in [7, 11) is 0. The number of likely N-dealkylation sites (tertiary alicyclic amines) is 1. The monoisotopic (exact) mass is 425 g/mol. The van der Waals surface area contributed by atoms with Crippen molar-refractivity contribution in [3.63, 3.8) is 0 Å². The van der Waals surface area contributed by atoms with E-state index in [4.69, 9.17) is 4.74 Å². The van der Waals surface area contributed by atoms with E-state index in [0.29, 0.717) is 6.61 Å². The first-order chi connectivity index (χ1) is 15.7. The van der Waals surface area contributed by atoms with E-state index in [0.717, 1.165) is 31.6 Å². The van der Waals surface area contributed by atoms with E-state index in [1.54, 1.807) is 12.1 Å². The van der Waals surface area contributed by atoms with E-state index in [9.17, 15) is 4.39 Å². The van der Waals surface area contributed by atoms with Crippen molar-refractivity contribution in [2.45, 2.75) is 31.6 Å². The van der Waals surface area contributed by atoms with Crippen LogP contribution in [0, 0.1) is 5.82 Å². The molecule has 5 rings (SSSR count). The summed E-state index contributed by atoms with van der Waals surface area (Å²) >= 11 is 0. The molecule has 1 aliphatic heterocycles. The maximum absolute atomic E-state index is 14.0. The fourth-order valence-electron chi connectivity index (χ4n) is 4.79. The summed E-state index contributed by atoms with van der Waals surface area (Å²) in [6.45, 7) is 3.28. The molecule has 3 heteroatoms. The lowest BCUT2D eigenvalue weighted by Gasteiger charge is -2.39. The van der Waals surface area contributed by atoms with E-state index >= 15 is 0 Å². The van der Waals surface area contributed by atoms with E-state index in [-0.39, 0.29) is 17.8 Å². The van der Waals surface area contributed by atoms with E-state index < -0.39 is 0 Å². The van der Waals surface area contributed by atoms with Gasteiger partial charge in [-0.1, -0.05) is 78.9 Å². The number of rotatable bonds is 6. The third-order valence-corrected chi connectivity index (χ3v) is 6.45. The Bertz CT molecular complexity index is 1180. The highest BCUT2D eigenvalue weighted by Crippen LogP contribution is 2.32. The van der Waals surface area contributed by atoms with Gasteiger partial charge in [-0.15, -0.1) is 0 Å². The fourth-order valence-corrected chi connectivity index (χ4v) is 4.79. The Hall–Kier alpha value is -3.01. The Morgan fingerprint density at radius 3 is 2.44 bits per heavy atom. The first-order valence-corrected chi connectivity index (χ1v) is 11.4. The first-order valence-electron chi connectivity index (χ1n) is 11.4. The van der Waals surface area contributed by atoms with Crippen molar-refractivity contribution in [2.75, 3.05) is 13.1 Å². The molecule has 0 bridgehead atoms. The molecule has 0 aliphatic carbocycles. The van der Waals surface area contributed by atoms with Crippen molar-refractivity contribution in [1.82, 2.24) is 4.90 Å². The van der Waals surface area contributed by atoms with Gasteiger partial charge in [-0.05, 0) is 58.6 Å². The van der Waals surface area contributed by atoms with Crippen LogP contribution in [0.1, 0.15) is 29.0 Å². The molecular formula is C29H28FNO. The summed E-state index contributed by atoms with van der Waals surface area (Å²) in [4.78, 5) is 2.45. The minimum atomic E-state index is -0.178. The third-order valence-electron chi connectivity index (χ3n) is 6.45. The summed E-state index contributed by atoms with van der Waals surface area (Å²) in [5.74, 6) is 0.0145. The Morgan fingerprint density at radius 2 is 1.59 bits per heavy atom. The third kappa shape index (κ3) is 4.90. The quantitative estimate of drug-likeness (QED) is 0.347. The van der Waals surface area contributed by atoms with Crippen LogP contribution in [0.3, 0.4) is 0 Å². The number of piperidine rings is 1. The van der Waals surface area contributed by atoms with Gasteiger partial charge in [0, 0.05) is 19.0 Å². The molecule has 4 aromatic rings. The molecular weight excluding hydrogens is 397 g/mol. The molecule has 2 nitrogen and oxygen atoms in total. The molecule has 4 aromatic carbocycles. The predicted molar refractivity (Wildman–Crippen MR) is 128 cm³/mol. The smallest absolute Gasteiger partial charge is 0.123 e. The van der Waals surface area contributed by atoms with Gasteiger partial charge in [0.25, 0.3) is 0 Å². The molecule has 0 spiro atoms. The lowest BCUT2D eigenvalue weighted by Crippen LogP contribution is -2.43. The van der Waals surface area contributed by atoms with Gasteiger partial charge in [-0.3, -0.25) is 4.90 Å². The Balaban J connectivity index is 1.34. The second kappa shape index (κ2) is 9.64. The highest BCUT2D eigenvalue weighted by molar-refractivity contribution is 5.82. The zero-order valence-corrected chi connectivity index (χ0v) is 18.2. The fraction of sp³-hybridized carbons (Fsp3) is 0.241. The lowest BCUT2D eigenvalue weighted by molar-refractivity contribution is -0.0264. The van der Waals surface area contributed by atoms with Gasteiger partial charge in [-0.25, -0.2) is 4.39 Å². The second-order valence-electron chi connectivity index (χ2n) is 8.70. The van der Waals surface area contributed by atoms with Crippen LogP contribution >= 0.6 is 0 Å². The molecule has 2 atom stereocenters. The maximum Gasteiger partial charge on any atom is 0.123 e. The highest BCUT2D eigenvalue weighted by atomic mass is 19.1. The lowest BCUT2D eigenvalue weighted by atomic mass is 9.86. The van der Waals surface area contributed by atoms with Crippen LogP contribution in [-0.2, 0) is 17.9 Å². The van der Waals surface area contributed by atoms with Gasteiger partial charge in [0.1, 0.15) is 5.82 Å². The van der Waals surface area contributed by atoms with Gasteiger partial charge in [-0.2, -0.15) is 0 Å². The molecule has 162 valence electrons. The van der Waals surface area contributed by atoms with Crippen LogP contribution in [0.15, 0.2) is 97.1 Å². The summed E-state index contributed by atoms with van der Waals surface area (Å²) in [6, 6.07) is 32.5. The van der Waals surface area contributed by atoms with Crippen LogP contribution in [0.25, 0.3) is 10.8 Å². The van der Waals surface area contributed by atoms with Crippen molar-refractivity contribution in [3.8, 4) is 0 Å². The van der Waals surface area contributed by atoms with E-state index in [2.05, 4.69) is 77.7 Å². The van der Waals surface area contributed by atoms with Crippen molar-refractivity contribution in [2.24, 2.45) is 0 Å².